The van der Waals surface area contributed by atoms with Gasteiger partial charge in [-0.15, -0.1) is 0 Å². The van der Waals surface area contributed by atoms with Crippen LogP contribution in [0.25, 0.3) is 11.1 Å². The van der Waals surface area contributed by atoms with Crippen molar-refractivity contribution in [1.29, 1.82) is 0 Å². The highest BCUT2D eigenvalue weighted by Crippen LogP contribution is 2.36. The number of benzene rings is 3. The van der Waals surface area contributed by atoms with Crippen LogP contribution in [0.1, 0.15) is 11.1 Å². The van der Waals surface area contributed by atoms with Crippen molar-refractivity contribution >= 4 is 22.6 Å². The lowest BCUT2D eigenvalue weighted by Crippen LogP contribution is -1.97. The van der Waals surface area contributed by atoms with E-state index in [0.717, 1.165) is 17.7 Å². The van der Waals surface area contributed by atoms with Crippen molar-refractivity contribution in [2.24, 2.45) is 0 Å². The van der Waals surface area contributed by atoms with E-state index in [1.807, 2.05) is 12.1 Å². The summed E-state index contributed by atoms with van der Waals surface area (Å²) in [5, 5.41) is 0. The van der Waals surface area contributed by atoms with E-state index in [2.05, 4.69) is 83.3 Å². The molecule has 0 saturated carbocycles. The highest BCUT2D eigenvalue weighted by Gasteiger charge is 2.13. The van der Waals surface area contributed by atoms with Gasteiger partial charge in [0.1, 0.15) is 5.75 Å². The van der Waals surface area contributed by atoms with Crippen molar-refractivity contribution in [3.8, 4) is 16.9 Å². The van der Waals surface area contributed by atoms with Crippen LogP contribution in [0.3, 0.4) is 0 Å². The molecule has 0 aromatic heterocycles. The highest BCUT2D eigenvalue weighted by atomic mass is 127. The Morgan fingerprint density at radius 1 is 0.864 bits per heavy atom. The van der Waals surface area contributed by atoms with Crippen molar-refractivity contribution in [1.82, 2.24) is 0 Å². The number of rotatable bonds is 4. The van der Waals surface area contributed by atoms with Crippen LogP contribution in [-0.4, -0.2) is 7.11 Å². The first kappa shape index (κ1) is 15.1. The van der Waals surface area contributed by atoms with Gasteiger partial charge in [-0.25, -0.2) is 0 Å². The van der Waals surface area contributed by atoms with E-state index < -0.39 is 0 Å². The molecule has 3 rings (SSSR count). The fraction of sp³-hybridized carbons (Fsp3) is 0.100. The number of halogens is 1. The quantitative estimate of drug-likeness (QED) is 0.522. The van der Waals surface area contributed by atoms with Crippen LogP contribution in [0.15, 0.2) is 72.8 Å². The summed E-state index contributed by atoms with van der Waals surface area (Å²) in [7, 11) is 1.75. The minimum absolute atomic E-state index is 0.876. The Bertz CT molecular complexity index is 751. The Labute approximate surface area is 145 Å². The number of hydrogen-bond acceptors (Lipinski definition) is 1. The summed E-state index contributed by atoms with van der Waals surface area (Å²) in [4.78, 5) is 0. The molecule has 0 aliphatic heterocycles. The molecule has 22 heavy (non-hydrogen) atoms. The van der Waals surface area contributed by atoms with Crippen LogP contribution >= 0.6 is 22.6 Å². The molecule has 0 aliphatic rings. The van der Waals surface area contributed by atoms with Crippen LogP contribution in [0, 0.1) is 3.57 Å². The van der Waals surface area contributed by atoms with Gasteiger partial charge < -0.3 is 4.74 Å². The van der Waals surface area contributed by atoms with Gasteiger partial charge in [0.25, 0.3) is 0 Å². The van der Waals surface area contributed by atoms with Gasteiger partial charge in [0.15, 0.2) is 0 Å². The van der Waals surface area contributed by atoms with Gasteiger partial charge in [0, 0.05) is 21.1 Å². The molecular weight excluding hydrogens is 383 g/mol. The zero-order valence-electron chi connectivity index (χ0n) is 12.4. The predicted molar refractivity (Wildman–Crippen MR) is 100 cm³/mol. The lowest BCUT2D eigenvalue weighted by Gasteiger charge is -2.15. The Morgan fingerprint density at radius 2 is 1.50 bits per heavy atom. The van der Waals surface area contributed by atoms with E-state index in [-0.39, 0.29) is 0 Å². The number of hydrogen-bond donors (Lipinski definition) is 0. The number of methoxy groups -OCH3 is 1. The first-order valence-corrected chi connectivity index (χ1v) is 8.31. The summed E-state index contributed by atoms with van der Waals surface area (Å²) in [5.41, 5.74) is 4.86. The summed E-state index contributed by atoms with van der Waals surface area (Å²) >= 11 is 2.38. The minimum atomic E-state index is 0.876. The molecule has 0 bridgehead atoms. The maximum atomic E-state index is 5.75. The van der Waals surface area contributed by atoms with Gasteiger partial charge in [-0.2, -0.15) is 0 Å². The first-order valence-electron chi connectivity index (χ1n) is 7.23. The van der Waals surface area contributed by atoms with Gasteiger partial charge in [0.2, 0.25) is 0 Å². The Hall–Kier alpha value is -1.81. The topological polar surface area (TPSA) is 9.23 Å². The van der Waals surface area contributed by atoms with Crippen molar-refractivity contribution in [3.63, 3.8) is 0 Å². The van der Waals surface area contributed by atoms with Crippen LogP contribution in [0.4, 0.5) is 0 Å². The normalized spacial score (nSPS) is 10.5. The average molecular weight is 400 g/mol. The summed E-state index contributed by atoms with van der Waals surface area (Å²) in [5.74, 6) is 0.968. The maximum Gasteiger partial charge on any atom is 0.130 e. The zero-order chi connectivity index (χ0) is 15.4. The lowest BCUT2D eigenvalue weighted by atomic mass is 9.97. The molecule has 2 heteroatoms. The number of ether oxygens (including phenoxy) is 1. The third-order valence-electron chi connectivity index (χ3n) is 3.66. The summed E-state index contributed by atoms with van der Waals surface area (Å²) in [6.45, 7) is 0. The molecule has 0 unspecified atom stereocenters. The van der Waals surface area contributed by atoms with Gasteiger partial charge in [-0.3, -0.25) is 0 Å². The van der Waals surface area contributed by atoms with E-state index in [9.17, 15) is 0 Å². The summed E-state index contributed by atoms with van der Waals surface area (Å²) in [6, 6.07) is 25.3. The van der Waals surface area contributed by atoms with Crippen LogP contribution < -0.4 is 4.74 Å². The molecule has 110 valence electrons. The molecule has 3 aromatic carbocycles. The smallest absolute Gasteiger partial charge is 0.130 e. The Balaban J connectivity index is 2.09. The third-order valence-corrected chi connectivity index (χ3v) is 4.28. The fourth-order valence-corrected chi connectivity index (χ4v) is 3.36. The van der Waals surface area contributed by atoms with E-state index in [1.54, 1.807) is 7.11 Å². The van der Waals surface area contributed by atoms with E-state index in [1.165, 1.54) is 20.3 Å². The van der Waals surface area contributed by atoms with Crippen molar-refractivity contribution in [3.05, 3.63) is 87.5 Å². The second-order valence-corrected chi connectivity index (χ2v) is 6.42. The summed E-state index contributed by atoms with van der Waals surface area (Å²) in [6.07, 6.45) is 0.876. The largest absolute Gasteiger partial charge is 0.496 e. The van der Waals surface area contributed by atoms with Gasteiger partial charge in [-0.05, 0) is 45.9 Å². The van der Waals surface area contributed by atoms with Gasteiger partial charge in [0.05, 0.1) is 7.11 Å². The fourth-order valence-electron chi connectivity index (χ4n) is 2.67. The van der Waals surface area contributed by atoms with Crippen LogP contribution in [-0.2, 0) is 6.42 Å². The molecule has 0 saturated heterocycles. The minimum Gasteiger partial charge on any atom is -0.496 e. The zero-order valence-corrected chi connectivity index (χ0v) is 14.6. The van der Waals surface area contributed by atoms with Crippen LogP contribution in [0.2, 0.25) is 0 Å². The molecule has 0 atom stereocenters. The standard InChI is InChI=1S/C20H17IO/c1-22-20-17(12-15-8-4-2-5-9-15)13-18(21)14-19(20)16-10-6-3-7-11-16/h2-11,13-14H,12H2,1H3. The van der Waals surface area contributed by atoms with E-state index in [4.69, 9.17) is 4.74 Å². The molecule has 0 radical (unpaired) electrons. The molecule has 0 fully saturated rings. The second-order valence-electron chi connectivity index (χ2n) is 5.17. The van der Waals surface area contributed by atoms with Crippen LogP contribution in [0.5, 0.6) is 5.75 Å². The monoisotopic (exact) mass is 400 g/mol. The molecule has 0 spiro atoms. The van der Waals surface area contributed by atoms with E-state index in [0.29, 0.717) is 0 Å². The lowest BCUT2D eigenvalue weighted by molar-refractivity contribution is 0.412. The average Bonchev–Trinajstić information content (AvgIpc) is 2.56. The molecule has 0 amide bonds. The predicted octanol–water partition coefficient (Wildman–Crippen LogP) is 5.56. The molecular formula is C20H17IO. The van der Waals surface area contributed by atoms with Crippen molar-refractivity contribution in [2.45, 2.75) is 6.42 Å². The summed E-state index contributed by atoms with van der Waals surface area (Å²) < 4.78 is 6.98. The second kappa shape index (κ2) is 6.97. The van der Waals surface area contributed by atoms with Gasteiger partial charge >= 0.3 is 0 Å². The Kier molecular flexibility index (Phi) is 4.78. The molecule has 3 aromatic rings. The Morgan fingerprint density at radius 3 is 2.14 bits per heavy atom. The van der Waals surface area contributed by atoms with Crippen molar-refractivity contribution in [2.75, 3.05) is 7.11 Å². The molecule has 1 nitrogen and oxygen atoms in total. The van der Waals surface area contributed by atoms with Gasteiger partial charge in [-0.1, -0.05) is 60.7 Å². The first-order chi connectivity index (χ1) is 10.8. The maximum absolute atomic E-state index is 5.75. The molecule has 0 heterocycles. The van der Waals surface area contributed by atoms with Crippen molar-refractivity contribution < 1.29 is 4.74 Å². The third kappa shape index (κ3) is 3.33. The molecule has 0 N–H and O–H groups in total. The highest BCUT2D eigenvalue weighted by molar-refractivity contribution is 14.1. The SMILES string of the molecule is COc1c(Cc2ccccc2)cc(I)cc1-c1ccccc1. The molecule has 0 aliphatic carbocycles. The van der Waals surface area contributed by atoms with E-state index >= 15 is 0 Å².